The highest BCUT2D eigenvalue weighted by atomic mass is 16.5. The molecule has 0 aliphatic rings. The fourth-order valence-corrected chi connectivity index (χ4v) is 3.38. The number of nitrogens with one attached hydrogen (secondary N) is 1. The van der Waals surface area contributed by atoms with Gasteiger partial charge in [0, 0.05) is 13.0 Å². The first-order chi connectivity index (χ1) is 14.7. The Morgan fingerprint density at radius 2 is 1.60 bits per heavy atom. The molecule has 0 aromatic heterocycles. The lowest BCUT2D eigenvalue weighted by Crippen LogP contribution is -2.06. The van der Waals surface area contributed by atoms with Gasteiger partial charge < -0.3 is 15.2 Å². The number of carbonyl (C=O) groups is 1. The molecule has 2 N–H and O–H groups in total. The zero-order valence-electron chi connectivity index (χ0n) is 17.4. The largest absolute Gasteiger partial charge is 0.487 e. The molecule has 0 saturated carbocycles. The smallest absolute Gasteiger partial charge is 0.303 e. The monoisotopic (exact) mass is 403 g/mol. The Bertz CT molecular complexity index is 936. The van der Waals surface area contributed by atoms with Gasteiger partial charge in [-0.1, -0.05) is 80.1 Å². The summed E-state index contributed by atoms with van der Waals surface area (Å²) in [7, 11) is 0. The maximum atomic E-state index is 10.7. The van der Waals surface area contributed by atoms with Gasteiger partial charge in [0.25, 0.3) is 0 Å². The number of anilines is 1. The van der Waals surface area contributed by atoms with Crippen LogP contribution in [0.2, 0.25) is 0 Å². The molecule has 0 bridgehead atoms. The number of benzene rings is 3. The van der Waals surface area contributed by atoms with Crippen LogP contribution in [0.25, 0.3) is 0 Å². The Labute approximate surface area is 178 Å². The first-order valence-corrected chi connectivity index (χ1v) is 10.5. The lowest BCUT2D eigenvalue weighted by molar-refractivity contribution is -0.136. The van der Waals surface area contributed by atoms with Gasteiger partial charge in [0.2, 0.25) is 0 Å². The van der Waals surface area contributed by atoms with Crippen molar-refractivity contribution < 1.29 is 14.6 Å². The molecular weight excluding hydrogens is 374 g/mol. The minimum Gasteiger partial charge on any atom is -0.487 e. The van der Waals surface area contributed by atoms with Gasteiger partial charge in [-0.05, 0) is 41.2 Å². The zero-order chi connectivity index (χ0) is 21.2. The van der Waals surface area contributed by atoms with Crippen molar-refractivity contribution in [2.45, 2.75) is 45.8 Å². The van der Waals surface area contributed by atoms with Crippen LogP contribution in [0.5, 0.6) is 5.75 Å². The first-order valence-electron chi connectivity index (χ1n) is 10.5. The second-order valence-corrected chi connectivity index (χ2v) is 7.38. The van der Waals surface area contributed by atoms with Gasteiger partial charge in [0.05, 0.1) is 5.69 Å². The lowest BCUT2D eigenvalue weighted by Gasteiger charge is -2.17. The Kier molecular flexibility index (Phi) is 7.90. The van der Waals surface area contributed by atoms with Gasteiger partial charge in [0.15, 0.2) is 0 Å². The highest BCUT2D eigenvalue weighted by Gasteiger charge is 2.10. The molecule has 0 saturated heterocycles. The van der Waals surface area contributed by atoms with Crippen molar-refractivity contribution in [3.05, 3.63) is 95.1 Å². The Balaban J connectivity index is 1.68. The van der Waals surface area contributed by atoms with Crippen molar-refractivity contribution in [3.8, 4) is 5.75 Å². The summed E-state index contributed by atoms with van der Waals surface area (Å²) in [4.78, 5) is 10.7. The Morgan fingerprint density at radius 3 is 2.30 bits per heavy atom. The minimum atomic E-state index is -0.773. The Hall–Kier alpha value is -3.27. The van der Waals surface area contributed by atoms with Crippen molar-refractivity contribution in [2.24, 2.45) is 0 Å². The number of para-hydroxylation sites is 1. The normalized spacial score (nSPS) is 10.6. The maximum Gasteiger partial charge on any atom is 0.303 e. The predicted molar refractivity (Wildman–Crippen MR) is 121 cm³/mol. The third kappa shape index (κ3) is 6.38. The van der Waals surface area contributed by atoms with E-state index >= 15 is 0 Å². The van der Waals surface area contributed by atoms with E-state index in [1.165, 1.54) is 11.1 Å². The fourth-order valence-electron chi connectivity index (χ4n) is 3.38. The summed E-state index contributed by atoms with van der Waals surface area (Å²) in [6, 6.07) is 24.5. The molecule has 0 atom stereocenters. The summed E-state index contributed by atoms with van der Waals surface area (Å²) in [6.07, 6.45) is 2.76. The molecular formula is C26H29NO3. The van der Waals surface area contributed by atoms with Crippen LogP contribution in [0.15, 0.2) is 72.8 Å². The second kappa shape index (κ2) is 11.1. The molecule has 0 fully saturated rings. The highest BCUT2D eigenvalue weighted by Crippen LogP contribution is 2.31. The molecule has 0 spiro atoms. The van der Waals surface area contributed by atoms with E-state index in [2.05, 4.69) is 30.4 Å². The number of aliphatic carboxylic acids is 1. The highest BCUT2D eigenvalue weighted by molar-refractivity contribution is 5.67. The van der Waals surface area contributed by atoms with Gasteiger partial charge in [-0.2, -0.15) is 0 Å². The molecule has 0 amide bonds. The van der Waals surface area contributed by atoms with E-state index in [1.807, 2.05) is 54.6 Å². The van der Waals surface area contributed by atoms with E-state index in [9.17, 15) is 4.79 Å². The minimum absolute atomic E-state index is 0.149. The van der Waals surface area contributed by atoms with Crippen LogP contribution < -0.4 is 10.1 Å². The van der Waals surface area contributed by atoms with Crippen LogP contribution in [0.3, 0.4) is 0 Å². The van der Waals surface area contributed by atoms with Crippen molar-refractivity contribution in [1.82, 2.24) is 0 Å². The molecule has 0 radical (unpaired) electrons. The van der Waals surface area contributed by atoms with E-state index in [0.29, 0.717) is 13.0 Å². The van der Waals surface area contributed by atoms with Crippen LogP contribution in [0, 0.1) is 0 Å². The van der Waals surface area contributed by atoms with Crippen molar-refractivity contribution in [3.63, 3.8) is 0 Å². The quantitative estimate of drug-likeness (QED) is 0.422. The van der Waals surface area contributed by atoms with Gasteiger partial charge in [-0.15, -0.1) is 0 Å². The van der Waals surface area contributed by atoms with Gasteiger partial charge in [-0.3, -0.25) is 4.79 Å². The third-order valence-electron chi connectivity index (χ3n) is 4.99. The molecule has 0 heterocycles. The fraction of sp³-hybridized carbons (Fsp3) is 0.269. The van der Waals surface area contributed by atoms with Gasteiger partial charge in [0.1, 0.15) is 12.4 Å². The number of rotatable bonds is 11. The molecule has 30 heavy (non-hydrogen) atoms. The lowest BCUT2D eigenvalue weighted by atomic mass is 10.1. The van der Waals surface area contributed by atoms with E-state index in [0.717, 1.165) is 42.0 Å². The number of ether oxygens (including phenoxy) is 1. The van der Waals surface area contributed by atoms with Gasteiger partial charge >= 0.3 is 5.97 Å². The Morgan fingerprint density at radius 1 is 0.867 bits per heavy atom. The molecule has 3 rings (SSSR count). The molecule has 4 nitrogen and oxygen atoms in total. The summed E-state index contributed by atoms with van der Waals surface area (Å²) in [5.41, 5.74) is 5.63. The average molecular weight is 404 g/mol. The summed E-state index contributed by atoms with van der Waals surface area (Å²) in [5, 5.41) is 12.4. The number of carboxylic acids is 1. The van der Waals surface area contributed by atoms with Crippen LogP contribution >= 0.6 is 0 Å². The summed E-state index contributed by atoms with van der Waals surface area (Å²) in [6.45, 7) is 3.39. The predicted octanol–water partition coefficient (Wildman–Crippen LogP) is 5.85. The molecule has 3 aromatic carbocycles. The average Bonchev–Trinajstić information content (AvgIpc) is 2.77. The van der Waals surface area contributed by atoms with Crippen LogP contribution in [0.1, 0.15) is 42.0 Å². The summed E-state index contributed by atoms with van der Waals surface area (Å²) >= 11 is 0. The van der Waals surface area contributed by atoms with Crippen molar-refractivity contribution in [2.75, 3.05) is 5.32 Å². The third-order valence-corrected chi connectivity index (χ3v) is 4.99. The standard InChI is InChI=1S/C26H29NO3/c1-2-7-23-10-6-11-24(26(23)27-18-21-8-4-3-5-9-21)30-19-22-14-12-20(13-15-22)16-17-25(28)29/h3-6,8-15,27H,2,7,16-19H2,1H3,(H,28,29). The zero-order valence-corrected chi connectivity index (χ0v) is 17.4. The van der Waals surface area contributed by atoms with E-state index in [-0.39, 0.29) is 6.42 Å². The molecule has 4 heteroatoms. The van der Waals surface area contributed by atoms with Crippen LogP contribution in [-0.2, 0) is 30.8 Å². The van der Waals surface area contributed by atoms with Gasteiger partial charge in [-0.25, -0.2) is 0 Å². The second-order valence-electron chi connectivity index (χ2n) is 7.38. The number of carboxylic acid groups (broad SMARTS) is 1. The van der Waals surface area contributed by atoms with E-state index in [1.54, 1.807) is 0 Å². The van der Waals surface area contributed by atoms with Crippen LogP contribution in [0.4, 0.5) is 5.69 Å². The van der Waals surface area contributed by atoms with E-state index < -0.39 is 5.97 Å². The van der Waals surface area contributed by atoms with Crippen molar-refractivity contribution in [1.29, 1.82) is 0 Å². The number of hydrogen-bond acceptors (Lipinski definition) is 3. The first kappa shape index (κ1) is 21.4. The van der Waals surface area contributed by atoms with Crippen LogP contribution in [-0.4, -0.2) is 11.1 Å². The number of aryl methyl sites for hydroxylation is 2. The topological polar surface area (TPSA) is 58.6 Å². The summed E-state index contributed by atoms with van der Waals surface area (Å²) < 4.78 is 6.18. The molecule has 0 aliphatic carbocycles. The van der Waals surface area contributed by atoms with Crippen molar-refractivity contribution >= 4 is 11.7 Å². The van der Waals surface area contributed by atoms with E-state index in [4.69, 9.17) is 9.84 Å². The molecule has 0 unspecified atom stereocenters. The SMILES string of the molecule is CCCc1cccc(OCc2ccc(CCC(=O)O)cc2)c1NCc1ccccc1. The maximum absolute atomic E-state index is 10.7. The molecule has 0 aliphatic heterocycles. The number of hydrogen-bond donors (Lipinski definition) is 2. The molecule has 156 valence electrons. The molecule has 3 aromatic rings. The summed E-state index contributed by atoms with van der Waals surface area (Å²) in [5.74, 6) is 0.0803.